The minimum Gasteiger partial charge on any atom is -0.356 e. The molecule has 0 aliphatic rings. The molecule has 0 radical (unpaired) electrons. The zero-order valence-electron chi connectivity index (χ0n) is 6.73. The van der Waals surface area contributed by atoms with Crippen molar-refractivity contribution in [2.24, 2.45) is 0 Å². The number of thioether (sulfide) groups is 1. The van der Waals surface area contributed by atoms with E-state index < -0.39 is 5.44 Å². The lowest BCUT2D eigenvalue weighted by molar-refractivity contribution is 0.212. The summed E-state index contributed by atoms with van der Waals surface area (Å²) < 4.78 is 4.91. The van der Waals surface area contributed by atoms with Gasteiger partial charge in [-0.05, 0) is 12.1 Å². The molecule has 2 nitrogen and oxygen atoms in total. The molecule has 1 aromatic carbocycles. The fourth-order valence-electron chi connectivity index (χ4n) is 0.750. The van der Waals surface area contributed by atoms with Crippen molar-refractivity contribution in [3.63, 3.8) is 0 Å². The Kier molecular flexibility index (Phi) is 3.65. The summed E-state index contributed by atoms with van der Waals surface area (Å²) >= 11 is 1.41. The Morgan fingerprint density at radius 2 is 2.08 bits per heavy atom. The van der Waals surface area contributed by atoms with Crippen LogP contribution in [0.15, 0.2) is 35.2 Å². The predicted molar refractivity (Wildman–Crippen MR) is 48.7 cm³/mol. The molecule has 1 unspecified atom stereocenters. The summed E-state index contributed by atoms with van der Waals surface area (Å²) in [4.78, 5) is 1.05. The van der Waals surface area contributed by atoms with Gasteiger partial charge in [-0.1, -0.05) is 30.0 Å². The number of nitrogens with zero attached hydrogens (tertiary/aromatic N) is 1. The van der Waals surface area contributed by atoms with E-state index >= 15 is 0 Å². The molecule has 12 heavy (non-hydrogen) atoms. The van der Waals surface area contributed by atoms with Crippen molar-refractivity contribution in [3.05, 3.63) is 30.3 Å². The van der Waals surface area contributed by atoms with Gasteiger partial charge in [-0.3, -0.25) is 0 Å². The van der Waals surface area contributed by atoms with E-state index in [1.165, 1.54) is 18.9 Å². The van der Waals surface area contributed by atoms with Gasteiger partial charge in [-0.25, -0.2) is 0 Å². The second kappa shape index (κ2) is 4.81. The minimum atomic E-state index is -0.410. The molecule has 0 aliphatic carbocycles. The van der Waals surface area contributed by atoms with Crippen molar-refractivity contribution in [1.82, 2.24) is 0 Å². The van der Waals surface area contributed by atoms with Gasteiger partial charge in [-0.2, -0.15) is 5.26 Å². The SMILES string of the molecule is COC(C#N)Sc1ccccc1. The van der Waals surface area contributed by atoms with Crippen molar-refractivity contribution in [1.29, 1.82) is 5.26 Å². The summed E-state index contributed by atoms with van der Waals surface area (Å²) in [5.74, 6) is 0. The highest BCUT2D eigenvalue weighted by Crippen LogP contribution is 2.22. The van der Waals surface area contributed by atoms with Crippen LogP contribution < -0.4 is 0 Å². The standard InChI is InChI=1S/C9H9NOS/c1-11-9(7-10)12-8-5-3-2-4-6-8/h2-6,9H,1H3. The third-order valence-corrected chi connectivity index (χ3v) is 2.36. The zero-order chi connectivity index (χ0) is 8.81. The quantitative estimate of drug-likeness (QED) is 0.527. The summed E-state index contributed by atoms with van der Waals surface area (Å²) in [5.41, 5.74) is -0.410. The van der Waals surface area contributed by atoms with Gasteiger partial charge in [0, 0.05) is 12.0 Å². The molecule has 1 rings (SSSR count). The second-order valence-electron chi connectivity index (χ2n) is 2.13. The summed E-state index contributed by atoms with van der Waals surface area (Å²) in [5, 5.41) is 8.59. The van der Waals surface area contributed by atoms with E-state index in [4.69, 9.17) is 10.00 Å². The normalized spacial score (nSPS) is 12.0. The Labute approximate surface area is 76.2 Å². The Balaban J connectivity index is 2.58. The largest absolute Gasteiger partial charge is 0.356 e. The van der Waals surface area contributed by atoms with E-state index in [2.05, 4.69) is 0 Å². The molecule has 1 atom stereocenters. The van der Waals surface area contributed by atoms with Gasteiger partial charge in [0.2, 0.25) is 0 Å². The average molecular weight is 179 g/mol. The van der Waals surface area contributed by atoms with Crippen LogP contribution in [0.2, 0.25) is 0 Å². The van der Waals surface area contributed by atoms with Crippen LogP contribution >= 0.6 is 11.8 Å². The first-order valence-corrected chi connectivity index (χ1v) is 4.39. The van der Waals surface area contributed by atoms with E-state index in [9.17, 15) is 0 Å². The van der Waals surface area contributed by atoms with Crippen molar-refractivity contribution in [2.75, 3.05) is 7.11 Å². The van der Waals surface area contributed by atoms with E-state index in [0.717, 1.165) is 4.90 Å². The summed E-state index contributed by atoms with van der Waals surface area (Å²) in [6.45, 7) is 0. The molecule has 0 heterocycles. The van der Waals surface area contributed by atoms with Gasteiger partial charge in [0.1, 0.15) is 6.07 Å². The third kappa shape index (κ3) is 2.57. The molecule has 0 aliphatic heterocycles. The molecular formula is C9H9NOS. The van der Waals surface area contributed by atoms with Crippen LogP contribution in [0.5, 0.6) is 0 Å². The molecule has 0 saturated heterocycles. The highest BCUT2D eigenvalue weighted by molar-refractivity contribution is 8.00. The maximum Gasteiger partial charge on any atom is 0.194 e. The Morgan fingerprint density at radius 3 is 2.58 bits per heavy atom. The summed E-state index contributed by atoms with van der Waals surface area (Å²) in [6, 6.07) is 11.8. The number of hydrogen-bond acceptors (Lipinski definition) is 3. The van der Waals surface area contributed by atoms with Gasteiger partial charge in [0.25, 0.3) is 0 Å². The molecule has 0 saturated carbocycles. The highest BCUT2D eigenvalue weighted by Gasteiger charge is 2.05. The van der Waals surface area contributed by atoms with Crippen LogP contribution in [0.25, 0.3) is 0 Å². The number of hydrogen-bond donors (Lipinski definition) is 0. The lowest BCUT2D eigenvalue weighted by atomic mass is 10.4. The molecule has 3 heteroatoms. The molecule has 0 fully saturated rings. The zero-order valence-corrected chi connectivity index (χ0v) is 7.54. The molecule has 62 valence electrons. The number of ether oxygens (including phenoxy) is 1. The molecule has 0 amide bonds. The fourth-order valence-corrected chi connectivity index (χ4v) is 1.46. The molecule has 1 aromatic rings. The van der Waals surface area contributed by atoms with Gasteiger partial charge in [0.15, 0.2) is 5.44 Å². The first kappa shape index (κ1) is 9.11. The summed E-state index contributed by atoms with van der Waals surface area (Å²) in [7, 11) is 1.53. The number of benzene rings is 1. The van der Waals surface area contributed by atoms with Crippen molar-refractivity contribution in [2.45, 2.75) is 10.3 Å². The first-order valence-electron chi connectivity index (χ1n) is 3.51. The first-order chi connectivity index (χ1) is 5.86. The number of methoxy groups -OCH3 is 1. The van der Waals surface area contributed by atoms with Crippen LogP contribution in [-0.2, 0) is 4.74 Å². The van der Waals surface area contributed by atoms with Crippen molar-refractivity contribution >= 4 is 11.8 Å². The molecule has 0 bridgehead atoms. The number of rotatable bonds is 3. The average Bonchev–Trinajstić information content (AvgIpc) is 2.16. The van der Waals surface area contributed by atoms with Crippen molar-refractivity contribution < 1.29 is 4.74 Å². The highest BCUT2D eigenvalue weighted by atomic mass is 32.2. The van der Waals surface area contributed by atoms with Crippen LogP contribution in [-0.4, -0.2) is 12.5 Å². The fraction of sp³-hybridized carbons (Fsp3) is 0.222. The third-order valence-electron chi connectivity index (χ3n) is 1.31. The second-order valence-corrected chi connectivity index (χ2v) is 3.26. The van der Waals surface area contributed by atoms with E-state index in [0.29, 0.717) is 0 Å². The van der Waals surface area contributed by atoms with Gasteiger partial charge >= 0.3 is 0 Å². The van der Waals surface area contributed by atoms with Gasteiger partial charge in [0.05, 0.1) is 0 Å². The van der Waals surface area contributed by atoms with Crippen LogP contribution in [0.1, 0.15) is 0 Å². The summed E-state index contributed by atoms with van der Waals surface area (Å²) in [6.07, 6.45) is 0. The Bertz CT molecular complexity index is 268. The Hall–Kier alpha value is -0.980. The maximum atomic E-state index is 8.59. The van der Waals surface area contributed by atoms with Crippen LogP contribution in [0.4, 0.5) is 0 Å². The molecule has 0 N–H and O–H groups in total. The monoisotopic (exact) mass is 179 g/mol. The predicted octanol–water partition coefficient (Wildman–Crippen LogP) is 2.27. The smallest absolute Gasteiger partial charge is 0.194 e. The lowest BCUT2D eigenvalue weighted by Gasteiger charge is -2.04. The number of nitriles is 1. The van der Waals surface area contributed by atoms with Gasteiger partial charge < -0.3 is 4.74 Å². The maximum absolute atomic E-state index is 8.59. The van der Waals surface area contributed by atoms with Crippen LogP contribution in [0, 0.1) is 11.3 Å². The molecular weight excluding hydrogens is 170 g/mol. The topological polar surface area (TPSA) is 33.0 Å². The minimum absolute atomic E-state index is 0.410. The van der Waals surface area contributed by atoms with Crippen molar-refractivity contribution in [3.8, 4) is 6.07 Å². The van der Waals surface area contributed by atoms with E-state index in [1.807, 2.05) is 36.4 Å². The van der Waals surface area contributed by atoms with E-state index in [-0.39, 0.29) is 0 Å². The Morgan fingerprint density at radius 1 is 1.42 bits per heavy atom. The van der Waals surface area contributed by atoms with E-state index in [1.54, 1.807) is 0 Å². The molecule has 0 aromatic heterocycles. The molecule has 0 spiro atoms. The lowest BCUT2D eigenvalue weighted by Crippen LogP contribution is -2.00. The van der Waals surface area contributed by atoms with Crippen LogP contribution in [0.3, 0.4) is 0 Å². The van der Waals surface area contributed by atoms with Gasteiger partial charge in [-0.15, -0.1) is 0 Å².